The predicted molar refractivity (Wildman–Crippen MR) is 163 cm³/mol. The van der Waals surface area contributed by atoms with Gasteiger partial charge in [0.05, 0.1) is 16.5 Å². The number of rotatable bonds is 12. The lowest BCUT2D eigenvalue weighted by Gasteiger charge is -2.24. The Balaban J connectivity index is 1.67. The van der Waals surface area contributed by atoms with Gasteiger partial charge in [-0.3, -0.25) is 4.79 Å². The number of halogens is 3. The van der Waals surface area contributed by atoms with E-state index in [1.807, 2.05) is 12.1 Å². The molecular weight excluding hydrogens is 577 g/mol. The largest absolute Gasteiger partial charge is 0.415 e. The number of hydrogen-bond donors (Lipinski definition) is 3. The topological polar surface area (TPSA) is 105 Å². The molecule has 43 heavy (non-hydrogen) atoms. The van der Waals surface area contributed by atoms with Crippen molar-refractivity contribution in [2.45, 2.75) is 36.5 Å². The van der Waals surface area contributed by atoms with Gasteiger partial charge < -0.3 is 21.3 Å². The van der Waals surface area contributed by atoms with E-state index >= 15 is 0 Å². The first kappa shape index (κ1) is 32.0. The van der Waals surface area contributed by atoms with Crippen LogP contribution in [-0.4, -0.2) is 40.3 Å². The van der Waals surface area contributed by atoms with Gasteiger partial charge in [0, 0.05) is 31.2 Å². The molecule has 0 aromatic heterocycles. The lowest BCUT2D eigenvalue weighted by atomic mass is 9.98. The fourth-order valence-corrected chi connectivity index (χ4v) is 5.22. The lowest BCUT2D eigenvalue weighted by Crippen LogP contribution is -2.29. The van der Waals surface area contributed by atoms with E-state index in [0.717, 1.165) is 42.3 Å². The molecule has 1 aliphatic rings. The quantitative estimate of drug-likeness (QED) is 0.179. The van der Waals surface area contributed by atoms with Crippen LogP contribution >= 0.6 is 0 Å². The van der Waals surface area contributed by atoms with E-state index in [0.29, 0.717) is 23.4 Å². The molecule has 0 aliphatic heterocycles. The minimum Gasteiger partial charge on any atom is -0.340 e. The number of likely N-dealkylation sites (N-methyl/N-ethyl adjacent to an activating group) is 1. The minimum atomic E-state index is -4.73. The second-order valence-electron chi connectivity index (χ2n) is 10.7. The molecular formula is C32H35F3N4O3S. The maximum absolute atomic E-state index is 13.5. The smallest absolute Gasteiger partial charge is 0.340 e. The molecule has 0 radical (unpaired) electrons. The Morgan fingerprint density at radius 1 is 1.07 bits per heavy atom. The zero-order valence-electron chi connectivity index (χ0n) is 24.0. The number of carbonyl (C=O) groups excluding carboxylic acids is 1. The highest BCUT2D eigenvalue weighted by atomic mass is 32.2. The van der Waals surface area contributed by atoms with E-state index in [4.69, 9.17) is 5.73 Å². The summed E-state index contributed by atoms with van der Waals surface area (Å²) >= 11 is 0. The highest BCUT2D eigenvalue weighted by molar-refractivity contribution is 7.90. The first-order chi connectivity index (χ1) is 20.3. The maximum atomic E-state index is 13.5. The molecule has 0 heterocycles. The molecule has 3 aromatic rings. The molecule has 0 saturated heterocycles. The number of nitrogens with two attached hydrogens (primary N) is 1. The number of benzene rings is 3. The monoisotopic (exact) mass is 612 g/mol. The van der Waals surface area contributed by atoms with Crippen molar-refractivity contribution in [3.8, 4) is 0 Å². The van der Waals surface area contributed by atoms with Gasteiger partial charge in [-0.15, -0.1) is 0 Å². The van der Waals surface area contributed by atoms with Crippen molar-refractivity contribution in [3.63, 3.8) is 0 Å². The number of anilines is 2. The number of nitrogens with one attached hydrogen (secondary N) is 2. The number of carbonyl (C=O) groups is 1. The van der Waals surface area contributed by atoms with Gasteiger partial charge >= 0.3 is 6.18 Å². The van der Waals surface area contributed by atoms with Crippen molar-refractivity contribution in [2.24, 2.45) is 11.7 Å². The normalized spacial score (nSPS) is 14.7. The van der Waals surface area contributed by atoms with Crippen molar-refractivity contribution in [3.05, 3.63) is 113 Å². The predicted octanol–water partition coefficient (Wildman–Crippen LogP) is 5.72. The molecule has 1 atom stereocenters. The Hall–Kier alpha value is -3.93. The van der Waals surface area contributed by atoms with Crippen LogP contribution in [0.2, 0.25) is 0 Å². The Bertz CT molecular complexity index is 1630. The summed E-state index contributed by atoms with van der Waals surface area (Å²) in [4.78, 5) is 15.1. The van der Waals surface area contributed by atoms with Gasteiger partial charge in [-0.1, -0.05) is 43.0 Å². The number of sulfone groups is 1. The lowest BCUT2D eigenvalue weighted by molar-refractivity contribution is -0.112. The van der Waals surface area contributed by atoms with Gasteiger partial charge in [0.15, 0.2) is 9.84 Å². The standard InChI is InChI=1S/C32H35F3N4O3S/c1-21(32(33,34)35)15-29(39(2)27-11-4-7-23(16-27)19-36)31(40)38-26-10-5-8-24(17-26)30(37-20-22-13-14-22)25-9-6-12-28(18-25)43(3,41)42/h4-12,15-18,22,30,37H,1,13-14,19-20,36H2,2-3H3,(H,38,40)/b29-15-. The molecule has 4 N–H and O–H groups in total. The molecule has 1 amide bonds. The van der Waals surface area contributed by atoms with Crippen LogP contribution in [0.5, 0.6) is 0 Å². The zero-order valence-corrected chi connectivity index (χ0v) is 24.8. The SMILES string of the molecule is C=C(/C=C(/C(=O)Nc1cccc(C(NCC2CC2)c2cccc(S(C)(=O)=O)c2)c1)N(C)c1cccc(CN)c1)C(F)(F)F. The van der Waals surface area contributed by atoms with Crippen LogP contribution in [0, 0.1) is 5.92 Å². The van der Waals surface area contributed by atoms with E-state index in [9.17, 15) is 26.4 Å². The first-order valence-corrected chi connectivity index (χ1v) is 15.6. The van der Waals surface area contributed by atoms with Crippen LogP contribution in [0.25, 0.3) is 0 Å². The number of nitrogens with zero attached hydrogens (tertiary/aromatic N) is 1. The molecule has 1 aliphatic carbocycles. The summed E-state index contributed by atoms with van der Waals surface area (Å²) in [6.07, 6.45) is -0.646. The van der Waals surface area contributed by atoms with Crippen molar-refractivity contribution in [1.29, 1.82) is 0 Å². The third kappa shape index (κ3) is 8.56. The molecule has 11 heteroatoms. The molecule has 228 valence electrons. The van der Waals surface area contributed by atoms with Crippen LogP contribution in [0.3, 0.4) is 0 Å². The molecule has 1 saturated carbocycles. The summed E-state index contributed by atoms with van der Waals surface area (Å²) in [5.74, 6) is -0.240. The summed E-state index contributed by atoms with van der Waals surface area (Å²) < 4.78 is 64.9. The second kappa shape index (κ2) is 13.2. The molecule has 0 spiro atoms. The van der Waals surface area contributed by atoms with Crippen LogP contribution in [0.15, 0.2) is 102 Å². The number of amides is 1. The fraction of sp³-hybridized carbons (Fsp3) is 0.281. The molecule has 7 nitrogen and oxygen atoms in total. The summed E-state index contributed by atoms with van der Waals surface area (Å²) in [7, 11) is -1.95. The highest BCUT2D eigenvalue weighted by Crippen LogP contribution is 2.32. The number of alkyl halides is 3. The summed E-state index contributed by atoms with van der Waals surface area (Å²) in [5.41, 5.74) is 7.34. The van der Waals surface area contributed by atoms with Gasteiger partial charge in [0.25, 0.3) is 5.91 Å². The van der Waals surface area contributed by atoms with Gasteiger partial charge in [-0.05, 0) is 84.5 Å². The molecule has 0 bridgehead atoms. The maximum Gasteiger partial charge on any atom is 0.415 e. The zero-order chi connectivity index (χ0) is 31.4. The van der Waals surface area contributed by atoms with E-state index in [2.05, 4.69) is 17.2 Å². The van der Waals surface area contributed by atoms with E-state index in [1.54, 1.807) is 54.6 Å². The Kier molecular flexibility index (Phi) is 9.79. The second-order valence-corrected chi connectivity index (χ2v) is 12.7. The summed E-state index contributed by atoms with van der Waals surface area (Å²) in [5, 5.41) is 6.25. The van der Waals surface area contributed by atoms with Crippen LogP contribution < -0.4 is 21.3 Å². The highest BCUT2D eigenvalue weighted by Gasteiger charge is 2.32. The molecule has 3 aromatic carbocycles. The van der Waals surface area contributed by atoms with Crippen LogP contribution in [-0.2, 0) is 21.2 Å². The van der Waals surface area contributed by atoms with Crippen molar-refractivity contribution in [2.75, 3.05) is 30.1 Å². The first-order valence-electron chi connectivity index (χ1n) is 13.7. The minimum absolute atomic E-state index is 0.189. The molecule has 1 unspecified atom stereocenters. The number of allylic oxidation sites excluding steroid dienone is 2. The molecule has 1 fully saturated rings. The van der Waals surface area contributed by atoms with Crippen LogP contribution in [0.4, 0.5) is 24.5 Å². The summed E-state index contributed by atoms with van der Waals surface area (Å²) in [6, 6.07) is 20.1. The Labute approximate surface area is 250 Å². The van der Waals surface area contributed by atoms with E-state index in [1.165, 1.54) is 18.0 Å². The average Bonchev–Trinajstić information content (AvgIpc) is 3.79. The van der Waals surface area contributed by atoms with Crippen molar-refractivity contribution >= 4 is 27.1 Å². The van der Waals surface area contributed by atoms with Crippen molar-refractivity contribution < 1.29 is 26.4 Å². The summed E-state index contributed by atoms with van der Waals surface area (Å²) in [6.45, 7) is 4.07. The van der Waals surface area contributed by atoms with Crippen LogP contribution in [0.1, 0.15) is 35.6 Å². The van der Waals surface area contributed by atoms with E-state index in [-0.39, 0.29) is 23.2 Å². The van der Waals surface area contributed by atoms with Gasteiger partial charge in [0.2, 0.25) is 0 Å². The van der Waals surface area contributed by atoms with Gasteiger partial charge in [0.1, 0.15) is 5.70 Å². The van der Waals surface area contributed by atoms with Crippen molar-refractivity contribution in [1.82, 2.24) is 5.32 Å². The Morgan fingerprint density at radius 3 is 2.35 bits per heavy atom. The van der Waals surface area contributed by atoms with Gasteiger partial charge in [-0.25, -0.2) is 8.42 Å². The average molecular weight is 613 g/mol. The number of hydrogen-bond acceptors (Lipinski definition) is 6. The molecule has 4 rings (SSSR count). The fourth-order valence-electron chi connectivity index (χ4n) is 4.54. The Morgan fingerprint density at radius 2 is 1.72 bits per heavy atom. The van der Waals surface area contributed by atoms with Gasteiger partial charge in [-0.2, -0.15) is 13.2 Å². The third-order valence-corrected chi connectivity index (χ3v) is 8.32. The third-order valence-electron chi connectivity index (χ3n) is 7.21. The van der Waals surface area contributed by atoms with E-state index < -0.39 is 27.5 Å².